The van der Waals surface area contributed by atoms with Crippen LogP contribution in [-0.4, -0.2) is 21.3 Å². The molecule has 78 valence electrons. The van der Waals surface area contributed by atoms with E-state index < -0.39 is 0 Å². The van der Waals surface area contributed by atoms with E-state index in [0.717, 1.165) is 31.4 Å². The van der Waals surface area contributed by atoms with Gasteiger partial charge in [0.15, 0.2) is 6.29 Å². The second-order valence-electron chi connectivity index (χ2n) is 3.86. The van der Waals surface area contributed by atoms with Gasteiger partial charge >= 0.3 is 0 Å². The summed E-state index contributed by atoms with van der Waals surface area (Å²) in [6.07, 6.45) is 2.66. The van der Waals surface area contributed by atoms with E-state index in [2.05, 4.69) is 31.1 Å². The van der Waals surface area contributed by atoms with E-state index in [1.54, 1.807) is 0 Å². The molecule has 4 heteroatoms. The van der Waals surface area contributed by atoms with Gasteiger partial charge in [0.05, 0.1) is 5.69 Å². The quantitative estimate of drug-likeness (QED) is 0.672. The van der Waals surface area contributed by atoms with Gasteiger partial charge in [-0.1, -0.05) is 26.0 Å². The number of aryl methyl sites for hydroxylation is 1. The summed E-state index contributed by atoms with van der Waals surface area (Å²) >= 11 is 0. The third-order valence-electron chi connectivity index (χ3n) is 2.02. The van der Waals surface area contributed by atoms with Crippen molar-refractivity contribution in [1.29, 1.82) is 0 Å². The van der Waals surface area contributed by atoms with Crippen molar-refractivity contribution in [3.05, 3.63) is 11.4 Å². The van der Waals surface area contributed by atoms with Crippen LogP contribution in [-0.2, 0) is 13.0 Å². The van der Waals surface area contributed by atoms with Crippen molar-refractivity contribution in [2.24, 2.45) is 5.92 Å². The van der Waals surface area contributed by atoms with Crippen LogP contribution >= 0.6 is 0 Å². The second kappa shape index (κ2) is 4.88. The Hall–Kier alpha value is -1.19. The van der Waals surface area contributed by atoms with Gasteiger partial charge in [-0.15, -0.1) is 5.10 Å². The first-order valence-electron chi connectivity index (χ1n) is 5.06. The van der Waals surface area contributed by atoms with Gasteiger partial charge in [-0.3, -0.25) is 4.79 Å². The molecule has 0 aliphatic carbocycles. The van der Waals surface area contributed by atoms with Crippen molar-refractivity contribution in [3.8, 4) is 0 Å². The first-order valence-corrected chi connectivity index (χ1v) is 5.06. The number of hydrogen-bond donors (Lipinski definition) is 0. The molecule has 0 aliphatic rings. The highest BCUT2D eigenvalue weighted by molar-refractivity contribution is 5.73. The molecule has 0 bridgehead atoms. The molecule has 1 aromatic rings. The lowest BCUT2D eigenvalue weighted by molar-refractivity contribution is 0.111. The molecule has 0 radical (unpaired) electrons. The Morgan fingerprint density at radius 2 is 2.21 bits per heavy atom. The Labute approximate surface area is 84.3 Å². The van der Waals surface area contributed by atoms with Crippen LogP contribution in [0, 0.1) is 5.92 Å². The molecule has 0 saturated carbocycles. The fraction of sp³-hybridized carbons (Fsp3) is 0.700. The fourth-order valence-electron chi connectivity index (χ4n) is 1.43. The van der Waals surface area contributed by atoms with Crippen LogP contribution in [0.5, 0.6) is 0 Å². The van der Waals surface area contributed by atoms with E-state index in [1.165, 1.54) is 0 Å². The standard InChI is InChI=1S/C10H17N3O/c1-4-5-13-10(6-8(2)3)9(7-14)11-12-13/h7-8H,4-6H2,1-3H3. The summed E-state index contributed by atoms with van der Waals surface area (Å²) in [7, 11) is 0. The Balaban J connectivity index is 2.93. The van der Waals surface area contributed by atoms with Crippen LogP contribution in [0.4, 0.5) is 0 Å². The largest absolute Gasteiger partial charge is 0.296 e. The van der Waals surface area contributed by atoms with E-state index in [9.17, 15) is 4.79 Å². The zero-order chi connectivity index (χ0) is 10.6. The molecule has 14 heavy (non-hydrogen) atoms. The molecular weight excluding hydrogens is 178 g/mol. The molecule has 0 N–H and O–H groups in total. The average Bonchev–Trinajstić information content (AvgIpc) is 2.48. The first kappa shape index (κ1) is 10.9. The second-order valence-corrected chi connectivity index (χ2v) is 3.86. The van der Waals surface area contributed by atoms with Crippen molar-refractivity contribution < 1.29 is 4.79 Å². The third kappa shape index (κ3) is 2.40. The lowest BCUT2D eigenvalue weighted by Gasteiger charge is -2.07. The number of aldehydes is 1. The molecular formula is C10H17N3O. The van der Waals surface area contributed by atoms with E-state index >= 15 is 0 Å². The minimum absolute atomic E-state index is 0.493. The predicted octanol–water partition coefficient (Wildman–Crippen LogP) is 1.70. The maximum absolute atomic E-state index is 10.7. The van der Waals surface area contributed by atoms with Gasteiger partial charge in [0, 0.05) is 6.54 Å². The highest BCUT2D eigenvalue weighted by atomic mass is 16.1. The summed E-state index contributed by atoms with van der Waals surface area (Å²) in [6, 6.07) is 0. The third-order valence-corrected chi connectivity index (χ3v) is 2.02. The van der Waals surface area contributed by atoms with E-state index in [4.69, 9.17) is 0 Å². The zero-order valence-electron chi connectivity index (χ0n) is 9.03. The van der Waals surface area contributed by atoms with Crippen LogP contribution in [0.1, 0.15) is 43.4 Å². The van der Waals surface area contributed by atoms with E-state index in [1.807, 2.05) is 4.68 Å². The summed E-state index contributed by atoms with van der Waals surface area (Å²) in [5, 5.41) is 7.82. The predicted molar refractivity (Wildman–Crippen MR) is 54.2 cm³/mol. The summed E-state index contributed by atoms with van der Waals surface area (Å²) < 4.78 is 1.84. The molecule has 1 aromatic heterocycles. The molecule has 0 aromatic carbocycles. The van der Waals surface area contributed by atoms with Crippen LogP contribution in [0.15, 0.2) is 0 Å². The van der Waals surface area contributed by atoms with Gasteiger partial charge in [0.25, 0.3) is 0 Å². The van der Waals surface area contributed by atoms with Crippen LogP contribution in [0.2, 0.25) is 0 Å². The number of carbonyl (C=O) groups is 1. The van der Waals surface area contributed by atoms with Gasteiger partial charge in [-0.2, -0.15) is 0 Å². The monoisotopic (exact) mass is 195 g/mol. The maximum atomic E-state index is 10.7. The highest BCUT2D eigenvalue weighted by Crippen LogP contribution is 2.10. The molecule has 4 nitrogen and oxygen atoms in total. The smallest absolute Gasteiger partial charge is 0.172 e. The number of hydrogen-bond acceptors (Lipinski definition) is 3. The van der Waals surface area contributed by atoms with Crippen LogP contribution < -0.4 is 0 Å². The van der Waals surface area contributed by atoms with Crippen molar-refractivity contribution >= 4 is 6.29 Å². The molecule has 0 spiro atoms. The summed E-state index contributed by atoms with van der Waals surface area (Å²) in [6.45, 7) is 7.17. The Morgan fingerprint density at radius 3 is 2.71 bits per heavy atom. The van der Waals surface area contributed by atoms with Gasteiger partial charge in [-0.25, -0.2) is 4.68 Å². The Bertz CT molecular complexity index is 304. The fourth-order valence-corrected chi connectivity index (χ4v) is 1.43. The first-order chi connectivity index (χ1) is 6.69. The SMILES string of the molecule is CCCn1nnc(C=O)c1CC(C)C. The summed E-state index contributed by atoms with van der Waals surface area (Å²) in [5.74, 6) is 0.516. The average molecular weight is 195 g/mol. The highest BCUT2D eigenvalue weighted by Gasteiger charge is 2.12. The molecule has 1 heterocycles. The maximum Gasteiger partial charge on any atom is 0.172 e. The Kier molecular flexibility index (Phi) is 3.80. The molecule has 0 atom stereocenters. The number of carbonyl (C=O) groups excluding carboxylic acids is 1. The van der Waals surface area contributed by atoms with E-state index in [0.29, 0.717) is 11.6 Å². The van der Waals surface area contributed by atoms with Crippen molar-refractivity contribution in [3.63, 3.8) is 0 Å². The van der Waals surface area contributed by atoms with Gasteiger partial charge in [0.2, 0.25) is 0 Å². The minimum Gasteiger partial charge on any atom is -0.296 e. The lowest BCUT2D eigenvalue weighted by Crippen LogP contribution is -2.08. The number of rotatable bonds is 5. The Morgan fingerprint density at radius 1 is 1.50 bits per heavy atom. The topological polar surface area (TPSA) is 47.8 Å². The molecule has 1 rings (SSSR count). The summed E-state index contributed by atoms with van der Waals surface area (Å²) in [4.78, 5) is 10.7. The summed E-state index contributed by atoms with van der Waals surface area (Å²) in [5.41, 5.74) is 1.46. The van der Waals surface area contributed by atoms with Crippen molar-refractivity contribution in [2.75, 3.05) is 0 Å². The lowest BCUT2D eigenvalue weighted by atomic mass is 10.1. The van der Waals surface area contributed by atoms with Crippen LogP contribution in [0.25, 0.3) is 0 Å². The molecule has 0 amide bonds. The molecule has 0 fully saturated rings. The number of aromatic nitrogens is 3. The zero-order valence-corrected chi connectivity index (χ0v) is 9.03. The molecule has 0 aliphatic heterocycles. The minimum atomic E-state index is 0.493. The van der Waals surface area contributed by atoms with Crippen LogP contribution in [0.3, 0.4) is 0 Å². The van der Waals surface area contributed by atoms with Gasteiger partial charge < -0.3 is 0 Å². The number of nitrogens with zero attached hydrogens (tertiary/aromatic N) is 3. The van der Waals surface area contributed by atoms with E-state index in [-0.39, 0.29) is 0 Å². The molecule has 0 saturated heterocycles. The van der Waals surface area contributed by atoms with Crippen molar-refractivity contribution in [1.82, 2.24) is 15.0 Å². The van der Waals surface area contributed by atoms with Crippen molar-refractivity contribution in [2.45, 2.75) is 40.2 Å². The van der Waals surface area contributed by atoms with Gasteiger partial charge in [0.1, 0.15) is 5.69 Å². The normalized spacial score (nSPS) is 10.9. The molecule has 0 unspecified atom stereocenters. The van der Waals surface area contributed by atoms with Gasteiger partial charge in [-0.05, 0) is 18.8 Å².